The SMILES string of the molecule is C=CCC(C)(COC)Oc1c(-c2c(C)cccc2C)noc1C1CC1. The highest BCUT2D eigenvalue weighted by molar-refractivity contribution is 5.73. The van der Waals surface area contributed by atoms with Crippen LogP contribution in [-0.2, 0) is 4.74 Å². The van der Waals surface area contributed by atoms with E-state index in [9.17, 15) is 0 Å². The van der Waals surface area contributed by atoms with Crippen LogP contribution in [0.25, 0.3) is 11.3 Å². The van der Waals surface area contributed by atoms with Crippen molar-refractivity contribution in [1.29, 1.82) is 0 Å². The summed E-state index contributed by atoms with van der Waals surface area (Å²) in [7, 11) is 1.69. The zero-order chi connectivity index (χ0) is 18.0. The van der Waals surface area contributed by atoms with E-state index < -0.39 is 5.60 Å². The van der Waals surface area contributed by atoms with Crippen LogP contribution < -0.4 is 4.74 Å². The Hall–Kier alpha value is -2.07. The molecule has 1 atom stereocenters. The van der Waals surface area contributed by atoms with Gasteiger partial charge in [0.25, 0.3) is 0 Å². The van der Waals surface area contributed by atoms with E-state index in [0.29, 0.717) is 18.9 Å². The average Bonchev–Trinajstić information content (AvgIpc) is 3.31. The molecule has 4 heteroatoms. The van der Waals surface area contributed by atoms with Crippen LogP contribution in [0.5, 0.6) is 5.75 Å². The first-order valence-corrected chi connectivity index (χ1v) is 8.84. The lowest BCUT2D eigenvalue weighted by Gasteiger charge is -2.29. The summed E-state index contributed by atoms with van der Waals surface area (Å²) in [6.07, 6.45) is 4.80. The van der Waals surface area contributed by atoms with Gasteiger partial charge in [0.15, 0.2) is 17.2 Å². The predicted molar refractivity (Wildman–Crippen MR) is 99.1 cm³/mol. The summed E-state index contributed by atoms with van der Waals surface area (Å²) in [6.45, 7) is 10.6. The number of aryl methyl sites for hydroxylation is 2. The smallest absolute Gasteiger partial charge is 0.191 e. The molecule has 3 rings (SSSR count). The average molecular weight is 341 g/mol. The Bertz CT molecular complexity index is 740. The number of aromatic nitrogens is 1. The molecule has 1 aliphatic carbocycles. The molecular formula is C21H27NO3. The largest absolute Gasteiger partial charge is 0.479 e. The van der Waals surface area contributed by atoms with E-state index in [1.165, 1.54) is 0 Å². The quantitative estimate of drug-likeness (QED) is 0.619. The normalized spacial score (nSPS) is 16.5. The Kier molecular flexibility index (Phi) is 5.00. The molecule has 1 aromatic carbocycles. The molecular weight excluding hydrogens is 314 g/mol. The Morgan fingerprint density at radius 3 is 2.56 bits per heavy atom. The fourth-order valence-corrected chi connectivity index (χ4v) is 3.33. The third-order valence-electron chi connectivity index (χ3n) is 4.71. The van der Waals surface area contributed by atoms with Crippen molar-refractivity contribution in [3.8, 4) is 17.0 Å². The molecule has 0 bridgehead atoms. The van der Waals surface area contributed by atoms with Crippen LogP contribution in [0.3, 0.4) is 0 Å². The lowest BCUT2D eigenvalue weighted by atomic mass is 9.98. The van der Waals surface area contributed by atoms with E-state index in [1.54, 1.807) is 7.11 Å². The summed E-state index contributed by atoms with van der Waals surface area (Å²) < 4.78 is 17.6. The molecule has 0 N–H and O–H groups in total. The number of rotatable bonds is 8. The van der Waals surface area contributed by atoms with Crippen molar-refractivity contribution >= 4 is 0 Å². The molecule has 0 saturated heterocycles. The number of ether oxygens (including phenoxy) is 2. The fraction of sp³-hybridized carbons (Fsp3) is 0.476. The van der Waals surface area contributed by atoms with Gasteiger partial charge in [0.05, 0.1) is 6.61 Å². The number of methoxy groups -OCH3 is 1. The summed E-state index contributed by atoms with van der Waals surface area (Å²) in [4.78, 5) is 0. The summed E-state index contributed by atoms with van der Waals surface area (Å²) in [5.74, 6) is 2.04. The summed E-state index contributed by atoms with van der Waals surface area (Å²) in [6, 6.07) is 6.24. The predicted octanol–water partition coefficient (Wildman–Crippen LogP) is 5.20. The van der Waals surface area contributed by atoms with Gasteiger partial charge in [-0.15, -0.1) is 6.58 Å². The minimum absolute atomic E-state index is 0.413. The van der Waals surface area contributed by atoms with Crippen LogP contribution in [0.1, 0.15) is 49.0 Å². The van der Waals surface area contributed by atoms with E-state index in [4.69, 9.17) is 14.0 Å². The van der Waals surface area contributed by atoms with Gasteiger partial charge in [0.1, 0.15) is 5.60 Å². The Morgan fingerprint density at radius 2 is 2.00 bits per heavy atom. The lowest BCUT2D eigenvalue weighted by molar-refractivity contribution is 0.00535. The number of benzene rings is 1. The number of hydrogen-bond acceptors (Lipinski definition) is 4. The van der Waals surface area contributed by atoms with Gasteiger partial charge in [0.2, 0.25) is 0 Å². The Morgan fingerprint density at radius 1 is 1.32 bits per heavy atom. The maximum atomic E-state index is 6.50. The van der Waals surface area contributed by atoms with Gasteiger partial charge in [-0.1, -0.05) is 29.4 Å². The van der Waals surface area contributed by atoms with Crippen molar-refractivity contribution in [3.05, 3.63) is 47.7 Å². The van der Waals surface area contributed by atoms with Crippen LogP contribution in [0, 0.1) is 13.8 Å². The van der Waals surface area contributed by atoms with Crippen molar-refractivity contribution < 1.29 is 14.0 Å². The van der Waals surface area contributed by atoms with Crippen LogP contribution in [0.4, 0.5) is 0 Å². The lowest BCUT2D eigenvalue weighted by Crippen LogP contribution is -2.37. The maximum Gasteiger partial charge on any atom is 0.191 e. The first-order chi connectivity index (χ1) is 12.0. The van der Waals surface area contributed by atoms with E-state index in [1.807, 2.05) is 13.0 Å². The van der Waals surface area contributed by atoms with Crippen LogP contribution >= 0.6 is 0 Å². The molecule has 0 aliphatic heterocycles. The summed E-state index contributed by atoms with van der Waals surface area (Å²) >= 11 is 0. The van der Waals surface area contributed by atoms with Crippen molar-refractivity contribution in [2.75, 3.05) is 13.7 Å². The molecule has 0 amide bonds. The zero-order valence-electron chi connectivity index (χ0n) is 15.6. The van der Waals surface area contributed by atoms with Gasteiger partial charge in [-0.2, -0.15) is 0 Å². The highest BCUT2D eigenvalue weighted by atomic mass is 16.6. The molecule has 1 unspecified atom stereocenters. The molecule has 1 aliphatic rings. The summed E-state index contributed by atoms with van der Waals surface area (Å²) in [5, 5.41) is 4.41. The van der Waals surface area contributed by atoms with Crippen LogP contribution in [0.15, 0.2) is 35.4 Å². The molecule has 0 spiro atoms. The Balaban J connectivity index is 2.08. The van der Waals surface area contributed by atoms with Gasteiger partial charge in [-0.3, -0.25) is 0 Å². The van der Waals surface area contributed by atoms with Gasteiger partial charge in [-0.05, 0) is 44.7 Å². The van der Waals surface area contributed by atoms with Gasteiger partial charge >= 0.3 is 0 Å². The van der Waals surface area contributed by atoms with Crippen molar-refractivity contribution in [2.45, 2.75) is 51.6 Å². The Labute approximate surface area is 149 Å². The first-order valence-electron chi connectivity index (χ1n) is 8.84. The van der Waals surface area contributed by atoms with Crippen molar-refractivity contribution in [2.24, 2.45) is 0 Å². The minimum Gasteiger partial charge on any atom is -0.479 e. The minimum atomic E-state index is -0.503. The molecule has 1 heterocycles. The van der Waals surface area contributed by atoms with Crippen LogP contribution in [0.2, 0.25) is 0 Å². The number of hydrogen-bond donors (Lipinski definition) is 0. The topological polar surface area (TPSA) is 44.5 Å². The fourth-order valence-electron chi connectivity index (χ4n) is 3.33. The molecule has 134 valence electrons. The van der Waals surface area contributed by atoms with E-state index in [0.717, 1.165) is 46.7 Å². The third kappa shape index (κ3) is 3.64. The second-order valence-corrected chi connectivity index (χ2v) is 7.24. The molecule has 4 nitrogen and oxygen atoms in total. The van der Waals surface area contributed by atoms with Crippen molar-refractivity contribution in [3.63, 3.8) is 0 Å². The highest BCUT2D eigenvalue weighted by Crippen LogP contribution is 2.49. The van der Waals surface area contributed by atoms with E-state index >= 15 is 0 Å². The van der Waals surface area contributed by atoms with Gasteiger partial charge in [-0.25, -0.2) is 0 Å². The molecule has 25 heavy (non-hydrogen) atoms. The summed E-state index contributed by atoms with van der Waals surface area (Å²) in [5.41, 5.74) is 3.71. The number of nitrogens with zero attached hydrogens (tertiary/aromatic N) is 1. The second kappa shape index (κ2) is 7.04. The molecule has 2 aromatic rings. The zero-order valence-corrected chi connectivity index (χ0v) is 15.6. The van der Waals surface area contributed by atoms with Gasteiger partial charge < -0.3 is 14.0 Å². The monoisotopic (exact) mass is 341 g/mol. The maximum absolute atomic E-state index is 6.50. The van der Waals surface area contributed by atoms with Crippen molar-refractivity contribution in [1.82, 2.24) is 5.16 Å². The second-order valence-electron chi connectivity index (χ2n) is 7.24. The highest BCUT2D eigenvalue weighted by Gasteiger charge is 2.37. The molecule has 0 radical (unpaired) electrons. The molecule has 1 fully saturated rings. The third-order valence-corrected chi connectivity index (χ3v) is 4.71. The van der Waals surface area contributed by atoms with Crippen LogP contribution in [-0.4, -0.2) is 24.5 Å². The van der Waals surface area contributed by atoms with E-state index in [-0.39, 0.29) is 0 Å². The van der Waals surface area contributed by atoms with E-state index in [2.05, 4.69) is 43.8 Å². The van der Waals surface area contributed by atoms with Gasteiger partial charge in [0, 0.05) is 25.0 Å². The standard InChI is InChI=1S/C21H27NO3/c1-6-12-21(4,13-23-5)24-20-18(22-25-19(20)16-10-11-16)17-14(2)8-7-9-15(17)3/h6-9,16H,1,10-13H2,2-5H3. The molecule has 1 aromatic heterocycles. The molecule has 1 saturated carbocycles. The first kappa shape index (κ1) is 17.7.